The number of aryl methyl sites for hydroxylation is 1. The lowest BCUT2D eigenvalue weighted by atomic mass is 10.1. The molecule has 96 valence electrons. The van der Waals surface area contributed by atoms with Gasteiger partial charge in [0.1, 0.15) is 5.82 Å². The summed E-state index contributed by atoms with van der Waals surface area (Å²) in [5.74, 6) is -0.166. The molecule has 0 aliphatic heterocycles. The molecule has 1 aromatic heterocycles. The normalized spacial score (nSPS) is 12.7. The Bertz CT molecular complexity index is 509. The Morgan fingerprint density at radius 3 is 2.67 bits per heavy atom. The van der Waals surface area contributed by atoms with E-state index >= 15 is 0 Å². The predicted octanol–water partition coefficient (Wildman–Crippen LogP) is 4.53. The molecule has 0 fully saturated rings. The lowest BCUT2D eigenvalue weighted by Gasteiger charge is -2.10. The van der Waals surface area contributed by atoms with E-state index < -0.39 is 0 Å². The Kier molecular flexibility index (Phi) is 4.15. The predicted molar refractivity (Wildman–Crippen MR) is 76.5 cm³/mol. The first kappa shape index (κ1) is 13.2. The summed E-state index contributed by atoms with van der Waals surface area (Å²) in [7, 11) is 1.97. The molecular weight excluding hydrogens is 245 g/mol. The molecule has 1 N–H and O–H groups in total. The van der Waals surface area contributed by atoms with Crippen LogP contribution in [0.2, 0.25) is 0 Å². The van der Waals surface area contributed by atoms with Crippen LogP contribution in [0.3, 0.4) is 0 Å². The van der Waals surface area contributed by atoms with Gasteiger partial charge in [-0.05, 0) is 55.8 Å². The van der Waals surface area contributed by atoms with Crippen molar-refractivity contribution in [3.63, 3.8) is 0 Å². The van der Waals surface area contributed by atoms with Gasteiger partial charge in [0.25, 0.3) is 0 Å². The Morgan fingerprint density at radius 2 is 2.06 bits per heavy atom. The van der Waals surface area contributed by atoms with E-state index in [0.29, 0.717) is 6.04 Å². The molecule has 0 aliphatic carbocycles. The minimum Gasteiger partial charge on any atom is -0.312 e. The third-order valence-corrected chi connectivity index (χ3v) is 4.30. The van der Waals surface area contributed by atoms with Crippen LogP contribution in [0, 0.1) is 12.7 Å². The maximum absolute atomic E-state index is 13.4. The molecule has 0 bridgehead atoms. The molecule has 0 aliphatic rings. The smallest absolute Gasteiger partial charge is 0.124 e. The van der Waals surface area contributed by atoms with Crippen molar-refractivity contribution < 1.29 is 4.39 Å². The van der Waals surface area contributed by atoms with Crippen LogP contribution in [0.5, 0.6) is 0 Å². The van der Waals surface area contributed by atoms with E-state index in [0.717, 1.165) is 22.4 Å². The maximum atomic E-state index is 13.4. The van der Waals surface area contributed by atoms with Gasteiger partial charge in [0, 0.05) is 15.8 Å². The highest BCUT2D eigenvalue weighted by Crippen LogP contribution is 2.33. The highest BCUT2D eigenvalue weighted by atomic mass is 32.1. The Labute approximate surface area is 112 Å². The second-order valence-corrected chi connectivity index (χ2v) is 5.58. The molecule has 0 amide bonds. The summed E-state index contributed by atoms with van der Waals surface area (Å²) in [6.45, 7) is 4.08. The summed E-state index contributed by atoms with van der Waals surface area (Å²) >= 11 is 1.73. The molecule has 18 heavy (non-hydrogen) atoms. The van der Waals surface area contributed by atoms with Crippen molar-refractivity contribution in [3.8, 4) is 10.4 Å². The number of thiophene rings is 1. The van der Waals surface area contributed by atoms with Gasteiger partial charge in [0.05, 0.1) is 0 Å². The highest BCUT2D eigenvalue weighted by molar-refractivity contribution is 7.15. The van der Waals surface area contributed by atoms with Gasteiger partial charge in [-0.3, -0.25) is 0 Å². The van der Waals surface area contributed by atoms with Crippen LogP contribution in [0.4, 0.5) is 4.39 Å². The van der Waals surface area contributed by atoms with Crippen LogP contribution in [0.1, 0.15) is 29.8 Å². The molecule has 3 heteroatoms. The van der Waals surface area contributed by atoms with E-state index in [1.165, 1.54) is 4.88 Å². The zero-order valence-electron chi connectivity index (χ0n) is 11.0. The average molecular weight is 263 g/mol. The molecule has 0 saturated carbocycles. The number of hydrogen-bond donors (Lipinski definition) is 1. The van der Waals surface area contributed by atoms with Crippen molar-refractivity contribution in [1.82, 2.24) is 5.32 Å². The maximum Gasteiger partial charge on any atom is 0.124 e. The molecule has 2 rings (SSSR count). The SMILES string of the molecule is CCC(NC)c1ccc(-c2cc(C)cc(F)c2)s1. The standard InChI is InChI=1S/C15H18FNS/c1-4-13(17-3)15-6-5-14(18-15)11-7-10(2)8-12(16)9-11/h5-9,13,17H,4H2,1-3H3. The molecule has 1 heterocycles. The average Bonchev–Trinajstić information content (AvgIpc) is 2.79. The summed E-state index contributed by atoms with van der Waals surface area (Å²) in [6, 6.07) is 9.78. The quantitative estimate of drug-likeness (QED) is 0.854. The largest absolute Gasteiger partial charge is 0.312 e. The van der Waals surface area contributed by atoms with E-state index in [1.807, 2.05) is 20.0 Å². The number of halogens is 1. The Hall–Kier alpha value is -1.19. The zero-order chi connectivity index (χ0) is 13.1. The fourth-order valence-electron chi connectivity index (χ4n) is 2.12. The van der Waals surface area contributed by atoms with Crippen molar-refractivity contribution in [3.05, 3.63) is 46.6 Å². The molecular formula is C15H18FNS. The fourth-order valence-corrected chi connectivity index (χ4v) is 3.31. The molecule has 1 aromatic carbocycles. The van der Waals surface area contributed by atoms with E-state index in [-0.39, 0.29) is 5.82 Å². The first-order valence-corrected chi connectivity index (χ1v) is 7.00. The molecule has 0 radical (unpaired) electrons. The molecule has 1 nitrogen and oxygen atoms in total. The first-order valence-electron chi connectivity index (χ1n) is 6.18. The summed E-state index contributed by atoms with van der Waals surface area (Å²) in [4.78, 5) is 2.43. The minimum absolute atomic E-state index is 0.166. The van der Waals surface area contributed by atoms with Crippen molar-refractivity contribution >= 4 is 11.3 Å². The second kappa shape index (κ2) is 5.63. The molecule has 0 saturated heterocycles. The van der Waals surface area contributed by atoms with E-state index in [9.17, 15) is 4.39 Å². The summed E-state index contributed by atoms with van der Waals surface area (Å²) in [6.07, 6.45) is 1.05. The van der Waals surface area contributed by atoms with Gasteiger partial charge in [0.2, 0.25) is 0 Å². The Morgan fingerprint density at radius 1 is 1.28 bits per heavy atom. The number of benzene rings is 1. The molecule has 1 atom stereocenters. The van der Waals surface area contributed by atoms with Gasteiger partial charge in [0.15, 0.2) is 0 Å². The topological polar surface area (TPSA) is 12.0 Å². The van der Waals surface area contributed by atoms with Gasteiger partial charge >= 0.3 is 0 Å². The summed E-state index contributed by atoms with van der Waals surface area (Å²) < 4.78 is 13.4. The monoisotopic (exact) mass is 263 g/mol. The van der Waals surface area contributed by atoms with Crippen molar-refractivity contribution in [1.29, 1.82) is 0 Å². The van der Waals surface area contributed by atoms with Gasteiger partial charge in [-0.2, -0.15) is 0 Å². The van der Waals surface area contributed by atoms with Crippen LogP contribution in [0.15, 0.2) is 30.3 Å². The lowest BCUT2D eigenvalue weighted by molar-refractivity contribution is 0.586. The van der Waals surface area contributed by atoms with Crippen molar-refractivity contribution in [2.24, 2.45) is 0 Å². The lowest BCUT2D eigenvalue weighted by Crippen LogP contribution is -2.13. The third kappa shape index (κ3) is 2.79. The minimum atomic E-state index is -0.166. The van der Waals surface area contributed by atoms with Crippen LogP contribution in [0.25, 0.3) is 10.4 Å². The molecule has 2 aromatic rings. The van der Waals surface area contributed by atoms with E-state index in [4.69, 9.17) is 0 Å². The first-order chi connectivity index (χ1) is 8.63. The highest BCUT2D eigenvalue weighted by Gasteiger charge is 2.11. The van der Waals surface area contributed by atoms with Gasteiger partial charge in [-0.25, -0.2) is 4.39 Å². The van der Waals surface area contributed by atoms with Crippen LogP contribution < -0.4 is 5.32 Å². The zero-order valence-corrected chi connectivity index (χ0v) is 11.8. The number of nitrogens with one attached hydrogen (secondary N) is 1. The third-order valence-electron chi connectivity index (χ3n) is 3.05. The Balaban J connectivity index is 2.34. The fraction of sp³-hybridized carbons (Fsp3) is 0.333. The van der Waals surface area contributed by atoms with Crippen LogP contribution in [-0.2, 0) is 0 Å². The van der Waals surface area contributed by atoms with Gasteiger partial charge in [-0.1, -0.05) is 13.0 Å². The summed E-state index contributed by atoms with van der Waals surface area (Å²) in [5.41, 5.74) is 1.93. The van der Waals surface area contributed by atoms with Gasteiger partial charge < -0.3 is 5.32 Å². The van der Waals surface area contributed by atoms with Crippen molar-refractivity contribution in [2.75, 3.05) is 7.05 Å². The molecule has 0 spiro atoms. The van der Waals surface area contributed by atoms with Gasteiger partial charge in [-0.15, -0.1) is 11.3 Å². The van der Waals surface area contributed by atoms with Crippen molar-refractivity contribution in [2.45, 2.75) is 26.3 Å². The van der Waals surface area contributed by atoms with E-state index in [1.54, 1.807) is 23.5 Å². The van der Waals surface area contributed by atoms with Crippen LogP contribution in [-0.4, -0.2) is 7.05 Å². The van der Waals surface area contributed by atoms with E-state index in [2.05, 4.69) is 24.4 Å². The number of hydrogen-bond acceptors (Lipinski definition) is 2. The second-order valence-electron chi connectivity index (χ2n) is 4.47. The van der Waals surface area contributed by atoms with Crippen LogP contribution >= 0.6 is 11.3 Å². The summed E-state index contributed by atoms with van der Waals surface area (Å²) in [5, 5.41) is 3.29. The molecule has 1 unspecified atom stereocenters. The number of rotatable bonds is 4.